The van der Waals surface area contributed by atoms with Gasteiger partial charge in [-0.05, 0) is 81.0 Å². The Hall–Kier alpha value is -2.97. The molecule has 0 fully saturated rings. The zero-order chi connectivity index (χ0) is 18.4. The molecule has 0 bridgehead atoms. The number of hydrogen-bond acceptors (Lipinski definition) is 4. The van der Waals surface area contributed by atoms with E-state index in [-0.39, 0.29) is 17.4 Å². The zero-order valence-electron chi connectivity index (χ0n) is 13.8. The summed E-state index contributed by atoms with van der Waals surface area (Å²) < 4.78 is 6.33. The fourth-order valence-electron chi connectivity index (χ4n) is 3.48. The molecule has 2 aromatic carbocycles. The van der Waals surface area contributed by atoms with Gasteiger partial charge in [-0.3, -0.25) is 0 Å². The molecule has 1 aromatic heterocycles. The maximum absolute atomic E-state index is 10.3. The second-order valence-corrected chi connectivity index (χ2v) is 7.02. The van der Waals surface area contributed by atoms with Crippen molar-refractivity contribution in [3.8, 4) is 17.6 Å². The summed E-state index contributed by atoms with van der Waals surface area (Å²) in [6.45, 7) is 1.93. The van der Waals surface area contributed by atoms with E-state index in [4.69, 9.17) is 4.42 Å². The number of halogens is 1. The Morgan fingerprint density at radius 1 is 1.15 bits per heavy atom. The van der Waals surface area contributed by atoms with Gasteiger partial charge in [-0.25, -0.2) is 0 Å². The zero-order valence-corrected chi connectivity index (χ0v) is 15.4. The number of phenolic OH excluding ortho intramolecular Hbond substituents is 2. The fourth-order valence-corrected chi connectivity index (χ4v) is 3.80. The highest BCUT2D eigenvalue weighted by Gasteiger charge is 2.34. The number of nitrogens with zero attached hydrogens (tertiary/aromatic N) is 1. The summed E-state index contributed by atoms with van der Waals surface area (Å²) in [5.41, 5.74) is 5.13. The van der Waals surface area contributed by atoms with E-state index in [0.717, 1.165) is 27.8 Å². The molecule has 1 aliphatic carbocycles. The van der Waals surface area contributed by atoms with Crippen molar-refractivity contribution in [3.05, 3.63) is 80.7 Å². The minimum Gasteiger partial charge on any atom is -0.508 e. The van der Waals surface area contributed by atoms with Crippen LogP contribution in [0.4, 0.5) is 0 Å². The van der Waals surface area contributed by atoms with E-state index in [0.29, 0.717) is 15.8 Å². The minimum atomic E-state index is -0.308. The maximum atomic E-state index is 10.3. The van der Waals surface area contributed by atoms with E-state index < -0.39 is 0 Å². The van der Waals surface area contributed by atoms with Gasteiger partial charge in [0.05, 0.1) is 22.2 Å². The van der Waals surface area contributed by atoms with Gasteiger partial charge in [0.15, 0.2) is 0 Å². The summed E-state index contributed by atoms with van der Waals surface area (Å²) in [7, 11) is 0. The van der Waals surface area contributed by atoms with Crippen molar-refractivity contribution in [2.45, 2.75) is 12.8 Å². The van der Waals surface area contributed by atoms with Crippen molar-refractivity contribution in [1.29, 1.82) is 5.26 Å². The quantitative estimate of drug-likeness (QED) is 0.602. The molecule has 128 valence electrons. The third-order valence-corrected chi connectivity index (χ3v) is 5.76. The average Bonchev–Trinajstić information content (AvgIpc) is 3.24. The smallest absolute Gasteiger partial charge is 0.133 e. The van der Waals surface area contributed by atoms with Gasteiger partial charge < -0.3 is 14.6 Å². The molecule has 0 amide bonds. The van der Waals surface area contributed by atoms with E-state index in [1.165, 1.54) is 6.26 Å². The number of fused-ring (bicyclic) bond motifs is 1. The SMILES string of the molecule is Cc1c(Br)c(O)cc2c1C=C(c1ccc(O)cc1)C2c1occc1C#N. The first-order valence-electron chi connectivity index (χ1n) is 8.01. The first-order valence-corrected chi connectivity index (χ1v) is 8.81. The number of rotatable bonds is 2. The second-order valence-electron chi connectivity index (χ2n) is 6.23. The third kappa shape index (κ3) is 2.42. The fraction of sp³-hybridized carbons (Fsp3) is 0.0952. The molecule has 26 heavy (non-hydrogen) atoms. The molecular formula is C21H14BrNO3. The highest BCUT2D eigenvalue weighted by Crippen LogP contribution is 2.50. The predicted octanol–water partition coefficient (Wildman–Crippen LogP) is 5.32. The Labute approximate surface area is 158 Å². The Morgan fingerprint density at radius 2 is 1.88 bits per heavy atom. The van der Waals surface area contributed by atoms with Crippen molar-refractivity contribution in [2.75, 3.05) is 0 Å². The van der Waals surface area contributed by atoms with Crippen LogP contribution in [-0.4, -0.2) is 10.2 Å². The summed E-state index contributed by atoms with van der Waals surface area (Å²) in [4.78, 5) is 0. The molecule has 1 atom stereocenters. The largest absolute Gasteiger partial charge is 0.508 e. The van der Waals surface area contributed by atoms with E-state index in [1.54, 1.807) is 24.3 Å². The van der Waals surface area contributed by atoms with Crippen LogP contribution >= 0.6 is 15.9 Å². The van der Waals surface area contributed by atoms with Crippen molar-refractivity contribution in [3.63, 3.8) is 0 Å². The lowest BCUT2D eigenvalue weighted by Crippen LogP contribution is -2.02. The van der Waals surface area contributed by atoms with Gasteiger partial charge in [0.25, 0.3) is 0 Å². The summed E-state index contributed by atoms with van der Waals surface area (Å²) in [5, 5.41) is 29.3. The minimum absolute atomic E-state index is 0.150. The first-order chi connectivity index (χ1) is 12.5. The number of nitriles is 1. The maximum Gasteiger partial charge on any atom is 0.133 e. The number of benzene rings is 2. The summed E-state index contributed by atoms with van der Waals surface area (Å²) in [6, 6.07) is 12.5. The van der Waals surface area contributed by atoms with Gasteiger partial charge in [-0.1, -0.05) is 12.1 Å². The van der Waals surface area contributed by atoms with Gasteiger partial charge in [-0.15, -0.1) is 0 Å². The van der Waals surface area contributed by atoms with Crippen molar-refractivity contribution < 1.29 is 14.6 Å². The molecule has 0 radical (unpaired) electrons. The van der Waals surface area contributed by atoms with Gasteiger partial charge in [-0.2, -0.15) is 5.26 Å². The summed E-state index contributed by atoms with van der Waals surface area (Å²) >= 11 is 3.43. The van der Waals surface area contributed by atoms with Crippen LogP contribution in [0.1, 0.15) is 39.5 Å². The van der Waals surface area contributed by atoms with Crippen LogP contribution in [0.2, 0.25) is 0 Å². The van der Waals surface area contributed by atoms with E-state index in [1.807, 2.05) is 19.1 Å². The van der Waals surface area contributed by atoms with Gasteiger partial charge in [0.2, 0.25) is 0 Å². The molecule has 3 aromatic rings. The van der Waals surface area contributed by atoms with Crippen LogP contribution in [0.15, 0.2) is 51.6 Å². The monoisotopic (exact) mass is 407 g/mol. The second kappa shape index (κ2) is 6.08. The Kier molecular flexibility index (Phi) is 3.86. The van der Waals surface area contributed by atoms with E-state index in [2.05, 4.69) is 28.1 Å². The number of hydrogen-bond donors (Lipinski definition) is 2. The third-order valence-electron chi connectivity index (χ3n) is 4.76. The lowest BCUT2D eigenvalue weighted by molar-refractivity contribution is 0.469. The lowest BCUT2D eigenvalue weighted by atomic mass is 9.87. The average molecular weight is 408 g/mol. The standard InChI is InChI=1S/C21H14BrNO3/c1-11-15-8-16(12-2-4-14(24)5-3-12)19(17(15)9-18(25)20(11)22)21-13(10-23)6-7-26-21/h2-9,19,24-25H,1H3. The first kappa shape index (κ1) is 16.5. The molecular weight excluding hydrogens is 394 g/mol. The number of aromatic hydroxyl groups is 2. The van der Waals surface area contributed by atoms with Crippen LogP contribution in [0.3, 0.4) is 0 Å². The Morgan fingerprint density at radius 3 is 2.58 bits per heavy atom. The molecule has 1 heterocycles. The Balaban J connectivity index is 1.99. The van der Waals surface area contributed by atoms with Crippen molar-refractivity contribution >= 4 is 27.6 Å². The predicted molar refractivity (Wildman–Crippen MR) is 102 cm³/mol. The normalized spacial score (nSPS) is 15.4. The Bertz CT molecular complexity index is 1090. The topological polar surface area (TPSA) is 77.4 Å². The van der Waals surface area contributed by atoms with Gasteiger partial charge >= 0.3 is 0 Å². The molecule has 2 N–H and O–H groups in total. The number of allylic oxidation sites excluding steroid dienone is 1. The number of phenols is 2. The van der Waals surface area contributed by atoms with Crippen molar-refractivity contribution in [2.24, 2.45) is 0 Å². The van der Waals surface area contributed by atoms with Gasteiger partial charge in [0.1, 0.15) is 23.3 Å². The van der Waals surface area contributed by atoms with Crippen LogP contribution in [-0.2, 0) is 0 Å². The molecule has 5 heteroatoms. The van der Waals surface area contributed by atoms with Crippen LogP contribution in [0.25, 0.3) is 11.6 Å². The van der Waals surface area contributed by atoms with Crippen LogP contribution in [0, 0.1) is 18.3 Å². The highest BCUT2D eigenvalue weighted by molar-refractivity contribution is 9.10. The molecule has 1 unspecified atom stereocenters. The molecule has 0 saturated heterocycles. The molecule has 0 spiro atoms. The lowest BCUT2D eigenvalue weighted by Gasteiger charge is -2.17. The van der Waals surface area contributed by atoms with E-state index >= 15 is 0 Å². The molecule has 1 aliphatic rings. The van der Waals surface area contributed by atoms with E-state index in [9.17, 15) is 15.5 Å². The van der Waals surface area contributed by atoms with Gasteiger partial charge in [0, 0.05) is 0 Å². The molecule has 0 aliphatic heterocycles. The van der Waals surface area contributed by atoms with Crippen LogP contribution in [0.5, 0.6) is 11.5 Å². The summed E-state index contributed by atoms with van der Waals surface area (Å²) in [6.07, 6.45) is 3.56. The molecule has 0 saturated carbocycles. The number of furan rings is 1. The molecule has 4 nitrogen and oxygen atoms in total. The summed E-state index contributed by atoms with van der Waals surface area (Å²) in [5.74, 6) is 0.578. The highest BCUT2D eigenvalue weighted by atomic mass is 79.9. The molecule has 4 rings (SSSR count). The van der Waals surface area contributed by atoms with Crippen molar-refractivity contribution in [1.82, 2.24) is 0 Å². The van der Waals surface area contributed by atoms with Crippen LogP contribution < -0.4 is 0 Å².